The Morgan fingerprint density at radius 2 is 1.89 bits per heavy atom. The van der Waals surface area contributed by atoms with Gasteiger partial charge >= 0.3 is 0 Å². The second-order valence-corrected chi connectivity index (χ2v) is 6.48. The Hall–Kier alpha value is -1.38. The number of hydrogen-bond acceptors (Lipinski definition) is 4. The first kappa shape index (κ1) is 14.0. The molecular formula is C11H18N4O3S. The molecule has 1 aliphatic heterocycles. The third kappa shape index (κ3) is 2.96. The number of carbonyl (C=O) groups excluding carboxylic acids is 1. The van der Waals surface area contributed by atoms with Gasteiger partial charge in [0.15, 0.2) is 0 Å². The topological polar surface area (TPSA) is 108 Å². The quantitative estimate of drug-likeness (QED) is 0.418. The third-order valence-corrected chi connectivity index (χ3v) is 5.11. The third-order valence-electron chi connectivity index (χ3n) is 3.24. The average Bonchev–Trinajstić information content (AvgIpc) is 2.74. The van der Waals surface area contributed by atoms with E-state index in [0.29, 0.717) is 13.1 Å². The van der Waals surface area contributed by atoms with Crippen LogP contribution in [0.3, 0.4) is 0 Å². The summed E-state index contributed by atoms with van der Waals surface area (Å²) in [5, 5.41) is 0. The van der Waals surface area contributed by atoms with Crippen molar-refractivity contribution in [2.24, 2.45) is 5.84 Å². The first-order chi connectivity index (χ1) is 9.05. The van der Waals surface area contributed by atoms with E-state index in [9.17, 15) is 13.2 Å². The Labute approximate surface area is 112 Å². The number of H-pyrrole nitrogens is 1. The molecule has 0 radical (unpaired) electrons. The summed E-state index contributed by atoms with van der Waals surface area (Å²) in [6.45, 7) is 1.07. The first-order valence-electron chi connectivity index (χ1n) is 6.25. The van der Waals surface area contributed by atoms with Crippen LogP contribution in [0.1, 0.15) is 36.2 Å². The summed E-state index contributed by atoms with van der Waals surface area (Å²) in [6, 6.07) is 1.31. The molecule has 0 bridgehead atoms. The smallest absolute Gasteiger partial charge is 0.281 e. The van der Waals surface area contributed by atoms with Gasteiger partial charge in [0.1, 0.15) is 10.6 Å². The maximum atomic E-state index is 12.4. The number of nitrogens with two attached hydrogens (primary N) is 1. The van der Waals surface area contributed by atoms with Crippen molar-refractivity contribution in [2.45, 2.75) is 30.6 Å². The highest BCUT2D eigenvalue weighted by Crippen LogP contribution is 2.20. The maximum absolute atomic E-state index is 12.4. The minimum atomic E-state index is -3.53. The molecular weight excluding hydrogens is 268 g/mol. The predicted octanol–water partition coefficient (Wildman–Crippen LogP) is 0.183. The predicted molar refractivity (Wildman–Crippen MR) is 69.7 cm³/mol. The number of amides is 1. The SMILES string of the molecule is NNC(=O)c1cc(S(=O)(=O)N2CCCCCC2)c[nH]1. The molecule has 1 aliphatic rings. The Morgan fingerprint density at radius 1 is 1.26 bits per heavy atom. The van der Waals surface area contributed by atoms with Gasteiger partial charge in [-0.05, 0) is 18.9 Å². The lowest BCUT2D eigenvalue weighted by atomic mass is 10.2. The van der Waals surface area contributed by atoms with E-state index in [1.807, 2.05) is 5.43 Å². The van der Waals surface area contributed by atoms with Gasteiger partial charge in [0.05, 0.1) is 0 Å². The van der Waals surface area contributed by atoms with Crippen molar-refractivity contribution in [3.8, 4) is 0 Å². The highest BCUT2D eigenvalue weighted by Gasteiger charge is 2.26. The lowest BCUT2D eigenvalue weighted by Gasteiger charge is -2.18. The number of hydrazine groups is 1. The molecule has 2 rings (SSSR count). The van der Waals surface area contributed by atoms with E-state index in [2.05, 4.69) is 4.98 Å². The summed E-state index contributed by atoms with van der Waals surface area (Å²) in [6.07, 6.45) is 5.18. The van der Waals surface area contributed by atoms with Crippen molar-refractivity contribution >= 4 is 15.9 Å². The normalized spacial score (nSPS) is 17.9. The van der Waals surface area contributed by atoms with Crippen molar-refractivity contribution in [2.75, 3.05) is 13.1 Å². The zero-order valence-electron chi connectivity index (χ0n) is 10.6. The molecule has 2 heterocycles. The Bertz CT molecular complexity index is 544. The van der Waals surface area contributed by atoms with Gasteiger partial charge in [0.25, 0.3) is 5.91 Å². The van der Waals surface area contributed by atoms with Gasteiger partial charge in [-0.15, -0.1) is 0 Å². The van der Waals surface area contributed by atoms with Gasteiger partial charge in [-0.3, -0.25) is 10.2 Å². The number of nitrogen functional groups attached to an aromatic ring is 1. The number of nitrogens with zero attached hydrogens (tertiary/aromatic N) is 1. The fourth-order valence-corrected chi connectivity index (χ4v) is 3.68. The van der Waals surface area contributed by atoms with Gasteiger partial charge < -0.3 is 4.98 Å². The number of sulfonamides is 1. The van der Waals surface area contributed by atoms with Crippen molar-refractivity contribution in [3.63, 3.8) is 0 Å². The Kier molecular flexibility index (Phi) is 4.23. The zero-order valence-corrected chi connectivity index (χ0v) is 11.4. The molecule has 1 aromatic heterocycles. The second-order valence-electron chi connectivity index (χ2n) is 4.54. The van der Waals surface area contributed by atoms with E-state index < -0.39 is 15.9 Å². The molecule has 1 amide bonds. The van der Waals surface area contributed by atoms with Gasteiger partial charge in [-0.25, -0.2) is 14.3 Å². The molecule has 0 spiro atoms. The van der Waals surface area contributed by atoms with Crippen LogP contribution >= 0.6 is 0 Å². The van der Waals surface area contributed by atoms with Crippen LogP contribution in [0, 0.1) is 0 Å². The fraction of sp³-hybridized carbons (Fsp3) is 0.545. The largest absolute Gasteiger partial charge is 0.356 e. The maximum Gasteiger partial charge on any atom is 0.281 e. The molecule has 4 N–H and O–H groups in total. The lowest BCUT2D eigenvalue weighted by Crippen LogP contribution is -2.32. The number of rotatable bonds is 3. The molecule has 1 aromatic rings. The van der Waals surface area contributed by atoms with Gasteiger partial charge in [0, 0.05) is 19.3 Å². The number of hydrogen-bond donors (Lipinski definition) is 3. The van der Waals surface area contributed by atoms with E-state index in [1.54, 1.807) is 0 Å². The standard InChI is InChI=1S/C11H18N4O3S/c12-14-11(16)10-7-9(8-13-10)19(17,18)15-5-3-1-2-4-6-15/h7-8,13H,1-6,12H2,(H,14,16). The molecule has 0 saturated carbocycles. The van der Waals surface area contributed by atoms with Crippen molar-refractivity contribution in [1.82, 2.24) is 14.7 Å². The van der Waals surface area contributed by atoms with Gasteiger partial charge in [0.2, 0.25) is 10.0 Å². The molecule has 0 unspecified atom stereocenters. The Balaban J connectivity index is 2.23. The molecule has 1 fully saturated rings. The van der Waals surface area contributed by atoms with Crippen LogP contribution in [0.2, 0.25) is 0 Å². The fourth-order valence-electron chi connectivity index (χ4n) is 2.16. The van der Waals surface area contributed by atoms with Crippen LogP contribution in [0.25, 0.3) is 0 Å². The summed E-state index contributed by atoms with van der Waals surface area (Å²) in [4.78, 5) is 14.0. The lowest BCUT2D eigenvalue weighted by molar-refractivity contribution is 0.0949. The number of aromatic amines is 1. The summed E-state index contributed by atoms with van der Waals surface area (Å²) in [5.74, 6) is 4.46. The van der Waals surface area contributed by atoms with Crippen LogP contribution in [0.15, 0.2) is 17.2 Å². The van der Waals surface area contributed by atoms with E-state index in [-0.39, 0.29) is 10.6 Å². The molecule has 106 valence electrons. The second kappa shape index (κ2) is 5.72. The Morgan fingerprint density at radius 3 is 2.47 bits per heavy atom. The minimum Gasteiger partial charge on any atom is -0.356 e. The minimum absolute atomic E-state index is 0.105. The van der Waals surface area contributed by atoms with E-state index >= 15 is 0 Å². The number of nitrogens with one attached hydrogen (secondary N) is 2. The van der Waals surface area contributed by atoms with Crippen LogP contribution < -0.4 is 11.3 Å². The molecule has 0 aliphatic carbocycles. The van der Waals surface area contributed by atoms with Crippen molar-refractivity contribution < 1.29 is 13.2 Å². The molecule has 1 saturated heterocycles. The monoisotopic (exact) mass is 286 g/mol. The highest BCUT2D eigenvalue weighted by molar-refractivity contribution is 7.89. The molecule has 8 heteroatoms. The average molecular weight is 286 g/mol. The molecule has 7 nitrogen and oxygen atoms in total. The van der Waals surface area contributed by atoms with Crippen LogP contribution in [0.5, 0.6) is 0 Å². The first-order valence-corrected chi connectivity index (χ1v) is 7.69. The van der Waals surface area contributed by atoms with Crippen LogP contribution in [-0.4, -0.2) is 36.7 Å². The zero-order chi connectivity index (χ0) is 13.9. The number of carbonyl (C=O) groups is 1. The highest BCUT2D eigenvalue weighted by atomic mass is 32.2. The summed E-state index contributed by atoms with van der Waals surface area (Å²) >= 11 is 0. The number of aromatic nitrogens is 1. The van der Waals surface area contributed by atoms with Crippen molar-refractivity contribution in [1.29, 1.82) is 0 Å². The molecule has 0 atom stereocenters. The van der Waals surface area contributed by atoms with Gasteiger partial charge in [-0.2, -0.15) is 4.31 Å². The summed E-state index contributed by atoms with van der Waals surface area (Å²) in [7, 11) is -3.53. The summed E-state index contributed by atoms with van der Waals surface area (Å²) in [5.41, 5.74) is 2.09. The van der Waals surface area contributed by atoms with Crippen molar-refractivity contribution in [3.05, 3.63) is 18.0 Å². The summed E-state index contributed by atoms with van der Waals surface area (Å²) < 4.78 is 26.3. The molecule has 0 aromatic carbocycles. The van der Waals surface area contributed by atoms with E-state index in [4.69, 9.17) is 5.84 Å². The van der Waals surface area contributed by atoms with Crippen LogP contribution in [0.4, 0.5) is 0 Å². The van der Waals surface area contributed by atoms with Gasteiger partial charge in [-0.1, -0.05) is 12.8 Å². The van der Waals surface area contributed by atoms with E-state index in [0.717, 1.165) is 25.7 Å². The van der Waals surface area contributed by atoms with Crippen LogP contribution in [-0.2, 0) is 10.0 Å². The van der Waals surface area contributed by atoms with E-state index in [1.165, 1.54) is 16.6 Å². The molecule has 19 heavy (non-hydrogen) atoms.